The van der Waals surface area contributed by atoms with E-state index < -0.39 is 17.8 Å². The number of aromatic nitrogens is 2. The highest BCUT2D eigenvalue weighted by molar-refractivity contribution is 5.73. The van der Waals surface area contributed by atoms with Crippen LogP contribution in [-0.2, 0) is 11.0 Å². The highest BCUT2D eigenvalue weighted by Gasteiger charge is 2.34. The molecule has 1 saturated heterocycles. The molecule has 2 N–H and O–H groups in total. The number of hydrogen-bond donors (Lipinski definition) is 1. The van der Waals surface area contributed by atoms with Gasteiger partial charge in [-0.1, -0.05) is 0 Å². The summed E-state index contributed by atoms with van der Waals surface area (Å²) in [4.78, 5) is 20.1. The summed E-state index contributed by atoms with van der Waals surface area (Å²) in [5.41, 5.74) is 4.56. The predicted octanol–water partition coefficient (Wildman–Crippen LogP) is 1.80. The highest BCUT2D eigenvalue weighted by atomic mass is 19.4. The molecule has 110 valence electrons. The number of nitrogens with two attached hydrogens (primary N) is 1. The van der Waals surface area contributed by atoms with Gasteiger partial charge in [0.15, 0.2) is 0 Å². The van der Waals surface area contributed by atoms with Crippen LogP contribution in [0.2, 0.25) is 0 Å². The van der Waals surface area contributed by atoms with Crippen molar-refractivity contribution in [3.8, 4) is 0 Å². The molecular formula is C12H15F3N4O. The molecule has 1 aliphatic heterocycles. The second-order valence-electron chi connectivity index (χ2n) is 4.84. The SMILES string of the molecule is CC(=O)N1CCC[C@H](c2cc(C(F)(F)F)nc(N)n2)C1. The third-order valence-corrected chi connectivity index (χ3v) is 3.34. The van der Waals surface area contributed by atoms with E-state index >= 15 is 0 Å². The number of alkyl halides is 3. The molecule has 1 aliphatic rings. The van der Waals surface area contributed by atoms with Gasteiger partial charge in [0.25, 0.3) is 0 Å². The van der Waals surface area contributed by atoms with E-state index in [4.69, 9.17) is 5.73 Å². The van der Waals surface area contributed by atoms with E-state index in [9.17, 15) is 18.0 Å². The summed E-state index contributed by atoms with van der Waals surface area (Å²) < 4.78 is 38.1. The third kappa shape index (κ3) is 3.17. The minimum absolute atomic E-state index is 0.0900. The van der Waals surface area contributed by atoms with Gasteiger partial charge in [0.05, 0.1) is 5.69 Å². The van der Waals surface area contributed by atoms with E-state index in [1.54, 1.807) is 4.90 Å². The first-order chi connectivity index (χ1) is 9.27. The van der Waals surface area contributed by atoms with Crippen LogP contribution < -0.4 is 5.73 Å². The van der Waals surface area contributed by atoms with Crippen molar-refractivity contribution in [1.82, 2.24) is 14.9 Å². The summed E-state index contributed by atoms with van der Waals surface area (Å²) in [5.74, 6) is -0.721. The summed E-state index contributed by atoms with van der Waals surface area (Å²) in [6, 6.07) is 0.921. The number of carbonyl (C=O) groups excluding carboxylic acids is 1. The summed E-state index contributed by atoms with van der Waals surface area (Å²) >= 11 is 0. The zero-order chi connectivity index (χ0) is 14.9. The first-order valence-corrected chi connectivity index (χ1v) is 6.24. The van der Waals surface area contributed by atoms with Crippen LogP contribution in [0, 0.1) is 0 Å². The Hall–Kier alpha value is -1.86. The number of anilines is 1. The lowest BCUT2D eigenvalue weighted by atomic mass is 9.94. The normalized spacial score (nSPS) is 20.0. The molecular weight excluding hydrogens is 273 g/mol. The number of piperidine rings is 1. The Morgan fingerprint density at radius 3 is 2.75 bits per heavy atom. The number of halogens is 3. The van der Waals surface area contributed by atoms with E-state index in [1.165, 1.54) is 6.92 Å². The zero-order valence-electron chi connectivity index (χ0n) is 10.9. The number of carbonyl (C=O) groups is 1. The predicted molar refractivity (Wildman–Crippen MR) is 65.7 cm³/mol. The van der Waals surface area contributed by atoms with Gasteiger partial charge in [0, 0.05) is 25.9 Å². The summed E-state index contributed by atoms with van der Waals surface area (Å²) in [6.45, 7) is 2.43. The molecule has 0 unspecified atom stereocenters. The number of likely N-dealkylation sites (tertiary alicyclic amines) is 1. The van der Waals surface area contributed by atoms with Gasteiger partial charge in [0.1, 0.15) is 5.69 Å². The van der Waals surface area contributed by atoms with Gasteiger partial charge in [-0.3, -0.25) is 4.79 Å². The van der Waals surface area contributed by atoms with Crippen LogP contribution in [0.4, 0.5) is 19.1 Å². The second kappa shape index (κ2) is 5.26. The van der Waals surface area contributed by atoms with Crippen LogP contribution in [0.1, 0.15) is 37.1 Å². The number of nitrogen functional groups attached to an aromatic ring is 1. The average Bonchev–Trinajstić information content (AvgIpc) is 2.37. The van der Waals surface area contributed by atoms with Crippen LogP contribution in [0.3, 0.4) is 0 Å². The van der Waals surface area contributed by atoms with Crippen molar-refractivity contribution in [3.05, 3.63) is 17.5 Å². The van der Waals surface area contributed by atoms with Crippen LogP contribution in [0.5, 0.6) is 0 Å². The Morgan fingerprint density at radius 2 is 2.15 bits per heavy atom. The molecule has 1 aromatic rings. The Kier molecular flexibility index (Phi) is 3.82. The van der Waals surface area contributed by atoms with Crippen molar-refractivity contribution in [2.45, 2.75) is 31.9 Å². The molecule has 0 radical (unpaired) electrons. The van der Waals surface area contributed by atoms with E-state index in [1.807, 2.05) is 0 Å². The Labute approximate surface area is 114 Å². The van der Waals surface area contributed by atoms with Crippen molar-refractivity contribution in [1.29, 1.82) is 0 Å². The molecule has 20 heavy (non-hydrogen) atoms. The molecule has 2 rings (SSSR count). The van der Waals surface area contributed by atoms with Crippen molar-refractivity contribution >= 4 is 11.9 Å². The van der Waals surface area contributed by atoms with Crippen LogP contribution >= 0.6 is 0 Å². The molecule has 0 aliphatic carbocycles. The largest absolute Gasteiger partial charge is 0.433 e. The number of nitrogens with zero attached hydrogens (tertiary/aromatic N) is 3. The average molecular weight is 288 g/mol. The van der Waals surface area contributed by atoms with Crippen LogP contribution in [-0.4, -0.2) is 33.9 Å². The van der Waals surface area contributed by atoms with E-state index in [2.05, 4.69) is 9.97 Å². The maximum absolute atomic E-state index is 12.7. The maximum atomic E-state index is 12.7. The summed E-state index contributed by atoms with van der Waals surface area (Å²) in [6.07, 6.45) is -3.15. The molecule has 0 spiro atoms. The Bertz CT molecular complexity index is 518. The van der Waals surface area contributed by atoms with Gasteiger partial charge in [0.2, 0.25) is 11.9 Å². The molecule has 1 amide bonds. The standard InChI is InChI=1S/C12H15F3N4O/c1-7(20)19-4-2-3-8(6-19)9-5-10(12(13,14)15)18-11(16)17-9/h5,8H,2-4,6H2,1H3,(H2,16,17,18)/t8-/m0/s1. The fourth-order valence-electron chi connectivity index (χ4n) is 2.34. The van der Waals surface area contributed by atoms with Crippen LogP contribution in [0.15, 0.2) is 6.07 Å². The molecule has 0 bridgehead atoms. The van der Waals surface area contributed by atoms with Crippen molar-refractivity contribution in [2.75, 3.05) is 18.8 Å². The van der Waals surface area contributed by atoms with Gasteiger partial charge >= 0.3 is 6.18 Å². The summed E-state index contributed by atoms with van der Waals surface area (Å²) in [5, 5.41) is 0. The maximum Gasteiger partial charge on any atom is 0.433 e. The third-order valence-electron chi connectivity index (χ3n) is 3.34. The number of amides is 1. The van der Waals surface area contributed by atoms with Crippen molar-refractivity contribution in [2.24, 2.45) is 0 Å². The second-order valence-corrected chi connectivity index (χ2v) is 4.84. The Morgan fingerprint density at radius 1 is 1.45 bits per heavy atom. The lowest BCUT2D eigenvalue weighted by molar-refractivity contribution is -0.141. The molecule has 1 atom stereocenters. The smallest absolute Gasteiger partial charge is 0.368 e. The highest BCUT2D eigenvalue weighted by Crippen LogP contribution is 2.32. The van der Waals surface area contributed by atoms with Crippen molar-refractivity contribution < 1.29 is 18.0 Å². The Balaban J connectivity index is 2.28. The van der Waals surface area contributed by atoms with E-state index in [-0.39, 0.29) is 17.5 Å². The number of rotatable bonds is 1. The fraction of sp³-hybridized carbons (Fsp3) is 0.583. The monoisotopic (exact) mass is 288 g/mol. The van der Waals surface area contributed by atoms with Gasteiger partial charge in [-0.25, -0.2) is 9.97 Å². The van der Waals surface area contributed by atoms with Gasteiger partial charge in [-0.2, -0.15) is 13.2 Å². The molecule has 1 aromatic heterocycles. The molecule has 2 heterocycles. The van der Waals surface area contributed by atoms with Gasteiger partial charge < -0.3 is 10.6 Å². The first-order valence-electron chi connectivity index (χ1n) is 6.24. The topological polar surface area (TPSA) is 72.1 Å². The molecule has 5 nitrogen and oxygen atoms in total. The molecule has 0 saturated carbocycles. The lowest BCUT2D eigenvalue weighted by Gasteiger charge is -2.31. The molecule has 8 heteroatoms. The van der Waals surface area contributed by atoms with Crippen LogP contribution in [0.25, 0.3) is 0 Å². The zero-order valence-corrected chi connectivity index (χ0v) is 10.9. The fourth-order valence-corrected chi connectivity index (χ4v) is 2.34. The molecule has 1 fully saturated rings. The molecule has 0 aromatic carbocycles. The van der Waals surface area contributed by atoms with Gasteiger partial charge in [-0.05, 0) is 18.9 Å². The van der Waals surface area contributed by atoms with Crippen molar-refractivity contribution in [3.63, 3.8) is 0 Å². The van der Waals surface area contributed by atoms with E-state index in [0.717, 1.165) is 12.5 Å². The lowest BCUT2D eigenvalue weighted by Crippen LogP contribution is -2.38. The first kappa shape index (κ1) is 14.5. The van der Waals surface area contributed by atoms with Gasteiger partial charge in [-0.15, -0.1) is 0 Å². The minimum atomic E-state index is -4.55. The van der Waals surface area contributed by atoms with E-state index in [0.29, 0.717) is 19.5 Å². The quantitative estimate of drug-likeness (QED) is 0.855. The number of hydrogen-bond acceptors (Lipinski definition) is 4. The minimum Gasteiger partial charge on any atom is -0.368 e. The summed E-state index contributed by atoms with van der Waals surface area (Å²) in [7, 11) is 0.